The van der Waals surface area contributed by atoms with Crippen molar-refractivity contribution in [3.8, 4) is 0 Å². The third-order valence-electron chi connectivity index (χ3n) is 4.49. The highest BCUT2D eigenvalue weighted by Crippen LogP contribution is 2.42. The molecule has 132 valence electrons. The van der Waals surface area contributed by atoms with Crippen molar-refractivity contribution in [3.63, 3.8) is 0 Å². The van der Waals surface area contributed by atoms with Gasteiger partial charge in [-0.05, 0) is 46.7 Å². The Balaban J connectivity index is 2.22. The lowest BCUT2D eigenvalue weighted by atomic mass is 9.73. The van der Waals surface area contributed by atoms with Gasteiger partial charge in [0, 0.05) is 20.8 Å². The van der Waals surface area contributed by atoms with Crippen LogP contribution in [0.4, 0.5) is 4.39 Å². The number of carbonyl (C=O) groups excluding carboxylic acids is 2. The van der Waals surface area contributed by atoms with Crippen LogP contribution in [0.3, 0.4) is 0 Å². The number of Topliss-reactive ketones (excluding diaryl/α,β-unsaturated/α-hetero) is 1. The van der Waals surface area contributed by atoms with Gasteiger partial charge >= 0.3 is 5.97 Å². The molecule has 0 spiro atoms. The van der Waals surface area contributed by atoms with E-state index in [1.54, 1.807) is 12.1 Å². The standard InChI is InChI=1S/C18H17FINO4/c1-3-12-17(18(23)24-2)15(9-4-5-10(19)11(20)6-9)16-13(21-12)7-25-8-14(16)22/h4-6,15,17H,3,7-8H2,1-2H3. The van der Waals surface area contributed by atoms with Crippen LogP contribution in [0.25, 0.3) is 0 Å². The number of aliphatic imine (C=N–C) groups is 1. The predicted octanol–water partition coefficient (Wildman–Crippen LogP) is 3.02. The van der Waals surface area contributed by atoms with Crippen molar-refractivity contribution < 1.29 is 23.5 Å². The molecule has 1 aromatic rings. The highest BCUT2D eigenvalue weighted by molar-refractivity contribution is 14.1. The predicted molar refractivity (Wildman–Crippen MR) is 97.9 cm³/mol. The molecule has 3 rings (SSSR count). The van der Waals surface area contributed by atoms with Crippen LogP contribution in [-0.2, 0) is 19.1 Å². The molecule has 0 radical (unpaired) electrons. The molecule has 0 amide bonds. The number of halogens is 2. The lowest BCUT2D eigenvalue weighted by molar-refractivity contribution is -0.143. The number of benzene rings is 1. The van der Waals surface area contributed by atoms with Gasteiger partial charge in [-0.3, -0.25) is 14.6 Å². The van der Waals surface area contributed by atoms with Gasteiger partial charge in [-0.2, -0.15) is 0 Å². The van der Waals surface area contributed by atoms with Crippen LogP contribution in [0.1, 0.15) is 24.8 Å². The number of ether oxygens (including phenoxy) is 2. The van der Waals surface area contributed by atoms with Gasteiger partial charge in [-0.25, -0.2) is 4.39 Å². The summed E-state index contributed by atoms with van der Waals surface area (Å²) in [5.41, 5.74) is 2.37. The fourth-order valence-electron chi connectivity index (χ4n) is 3.37. The van der Waals surface area contributed by atoms with Crippen molar-refractivity contribution in [3.05, 3.63) is 44.4 Å². The summed E-state index contributed by atoms with van der Waals surface area (Å²) in [5, 5.41) is 0. The number of nitrogens with zero attached hydrogens (tertiary/aromatic N) is 1. The Labute approximate surface area is 158 Å². The summed E-state index contributed by atoms with van der Waals surface area (Å²) in [6, 6.07) is 4.64. The monoisotopic (exact) mass is 457 g/mol. The number of carbonyl (C=O) groups is 2. The average Bonchev–Trinajstić information content (AvgIpc) is 2.62. The van der Waals surface area contributed by atoms with Gasteiger partial charge in [-0.1, -0.05) is 13.0 Å². The zero-order valence-corrected chi connectivity index (χ0v) is 16.0. The zero-order valence-electron chi connectivity index (χ0n) is 13.8. The molecule has 2 aliphatic rings. The lowest BCUT2D eigenvalue weighted by Crippen LogP contribution is -2.39. The number of hydrogen-bond donors (Lipinski definition) is 0. The molecule has 0 N–H and O–H groups in total. The molecule has 5 nitrogen and oxygen atoms in total. The van der Waals surface area contributed by atoms with E-state index in [-0.39, 0.29) is 24.8 Å². The van der Waals surface area contributed by atoms with Gasteiger partial charge in [0.1, 0.15) is 18.3 Å². The Bertz CT molecular complexity index is 802. The van der Waals surface area contributed by atoms with E-state index < -0.39 is 17.8 Å². The van der Waals surface area contributed by atoms with Gasteiger partial charge in [0.15, 0.2) is 5.78 Å². The normalized spacial score (nSPS) is 23.2. The maximum atomic E-state index is 13.7. The van der Waals surface area contributed by atoms with Gasteiger partial charge < -0.3 is 9.47 Å². The van der Waals surface area contributed by atoms with E-state index in [4.69, 9.17) is 9.47 Å². The van der Waals surface area contributed by atoms with Gasteiger partial charge in [0.05, 0.1) is 19.4 Å². The first kappa shape index (κ1) is 18.2. The van der Waals surface area contributed by atoms with Crippen molar-refractivity contribution in [2.24, 2.45) is 10.9 Å². The Hall–Kier alpha value is -1.61. The third-order valence-corrected chi connectivity index (χ3v) is 5.31. The summed E-state index contributed by atoms with van der Waals surface area (Å²) in [4.78, 5) is 29.6. The number of methoxy groups -OCH3 is 1. The SMILES string of the molecule is CCC1=NC2=C(C(=O)COC2)C(c2ccc(F)c(I)c2)C1C(=O)OC. The first-order valence-corrected chi connectivity index (χ1v) is 9.00. The van der Waals surface area contributed by atoms with Crippen molar-refractivity contribution in [1.82, 2.24) is 0 Å². The first-order chi connectivity index (χ1) is 12.0. The largest absolute Gasteiger partial charge is 0.468 e. The second-order valence-corrected chi connectivity index (χ2v) is 7.05. The fraction of sp³-hybridized carbons (Fsp3) is 0.389. The van der Waals surface area contributed by atoms with Crippen molar-refractivity contribution >= 4 is 40.1 Å². The lowest BCUT2D eigenvalue weighted by Gasteiger charge is -2.34. The molecular weight excluding hydrogens is 440 g/mol. The van der Waals surface area contributed by atoms with Crippen LogP contribution in [0.15, 0.2) is 34.5 Å². The van der Waals surface area contributed by atoms with E-state index in [9.17, 15) is 14.0 Å². The first-order valence-electron chi connectivity index (χ1n) is 7.92. The minimum absolute atomic E-state index is 0.0432. The fourth-order valence-corrected chi connectivity index (χ4v) is 3.91. The highest BCUT2D eigenvalue weighted by Gasteiger charge is 2.44. The van der Waals surface area contributed by atoms with Crippen molar-refractivity contribution in [2.45, 2.75) is 19.3 Å². The molecule has 2 atom stereocenters. The number of ketones is 1. The van der Waals surface area contributed by atoms with Crippen LogP contribution in [0.2, 0.25) is 0 Å². The van der Waals surface area contributed by atoms with E-state index in [0.717, 1.165) is 0 Å². The molecule has 7 heteroatoms. The highest BCUT2D eigenvalue weighted by atomic mass is 127. The Kier molecular flexibility index (Phi) is 5.33. The Morgan fingerprint density at radius 3 is 2.84 bits per heavy atom. The smallest absolute Gasteiger partial charge is 0.315 e. The van der Waals surface area contributed by atoms with Crippen LogP contribution < -0.4 is 0 Å². The maximum absolute atomic E-state index is 13.7. The molecule has 0 aliphatic carbocycles. The van der Waals surface area contributed by atoms with Crippen molar-refractivity contribution in [1.29, 1.82) is 0 Å². The zero-order chi connectivity index (χ0) is 18.1. The summed E-state index contributed by atoms with van der Waals surface area (Å²) in [5.74, 6) is -2.22. The van der Waals surface area contributed by atoms with Crippen LogP contribution >= 0.6 is 22.6 Å². The topological polar surface area (TPSA) is 65.0 Å². The van der Waals surface area contributed by atoms with Gasteiger partial charge in [0.2, 0.25) is 0 Å². The van der Waals surface area contributed by atoms with E-state index in [1.807, 2.05) is 29.5 Å². The molecule has 0 saturated carbocycles. The molecule has 2 heterocycles. The molecule has 0 bridgehead atoms. The minimum Gasteiger partial charge on any atom is -0.468 e. The molecule has 0 saturated heterocycles. The summed E-state index contributed by atoms with van der Waals surface area (Å²) in [6.45, 7) is 2.09. The second-order valence-electron chi connectivity index (χ2n) is 5.89. The van der Waals surface area contributed by atoms with Crippen molar-refractivity contribution in [2.75, 3.05) is 20.3 Å². The van der Waals surface area contributed by atoms with E-state index in [1.165, 1.54) is 13.2 Å². The quantitative estimate of drug-likeness (QED) is 0.517. The molecular formula is C18H17FINO4. The number of hydrogen-bond acceptors (Lipinski definition) is 5. The third kappa shape index (κ3) is 3.27. The summed E-state index contributed by atoms with van der Waals surface area (Å²) < 4.78 is 24.4. The molecule has 2 aliphatic heterocycles. The summed E-state index contributed by atoms with van der Waals surface area (Å²) in [6.07, 6.45) is 0.541. The van der Waals surface area contributed by atoms with E-state index in [0.29, 0.717) is 32.5 Å². The molecule has 0 aromatic heterocycles. The van der Waals surface area contributed by atoms with Crippen LogP contribution in [-0.4, -0.2) is 37.8 Å². The van der Waals surface area contributed by atoms with Crippen LogP contribution in [0, 0.1) is 15.3 Å². The Morgan fingerprint density at radius 1 is 1.44 bits per heavy atom. The summed E-state index contributed by atoms with van der Waals surface area (Å²) >= 11 is 1.90. The molecule has 1 aromatic carbocycles. The molecule has 2 unspecified atom stereocenters. The molecule has 0 fully saturated rings. The average molecular weight is 457 g/mol. The number of rotatable bonds is 3. The second kappa shape index (κ2) is 7.33. The molecule has 25 heavy (non-hydrogen) atoms. The summed E-state index contributed by atoms with van der Waals surface area (Å²) in [7, 11) is 1.32. The maximum Gasteiger partial charge on any atom is 0.315 e. The Morgan fingerprint density at radius 2 is 2.20 bits per heavy atom. The van der Waals surface area contributed by atoms with Gasteiger partial charge in [-0.15, -0.1) is 0 Å². The van der Waals surface area contributed by atoms with E-state index in [2.05, 4.69) is 4.99 Å². The minimum atomic E-state index is -0.697. The van der Waals surface area contributed by atoms with Gasteiger partial charge in [0.25, 0.3) is 0 Å². The van der Waals surface area contributed by atoms with Crippen LogP contribution in [0.5, 0.6) is 0 Å². The number of esters is 1. The van der Waals surface area contributed by atoms with E-state index >= 15 is 0 Å².